The molecule has 88 valence electrons. The zero-order chi connectivity index (χ0) is 12.1. The molecular weight excluding hydrogens is 218 g/mol. The van der Waals surface area contributed by atoms with Crippen LogP contribution in [0, 0.1) is 5.92 Å². The average molecular weight is 230 g/mol. The van der Waals surface area contributed by atoms with E-state index in [1.165, 1.54) is 13.0 Å². The molecule has 0 saturated heterocycles. The fraction of sp³-hybridized carbons (Fsp3) is 0.364. The van der Waals surface area contributed by atoms with Gasteiger partial charge in [-0.15, -0.1) is 0 Å². The molecule has 1 aromatic carbocycles. The first-order chi connectivity index (χ1) is 7.50. The average Bonchev–Trinajstić information content (AvgIpc) is 2.20. The summed E-state index contributed by atoms with van der Waals surface area (Å²) in [4.78, 5) is 10.6. The number of carboxylic acid groups (broad SMARTS) is 1. The SMILES string of the molecule is CC(Cc1ccccc1OC(F)F)C(=O)O. The second-order valence-electron chi connectivity index (χ2n) is 3.43. The lowest BCUT2D eigenvalue weighted by Gasteiger charge is -2.12. The number of hydrogen-bond acceptors (Lipinski definition) is 2. The number of halogens is 2. The zero-order valence-corrected chi connectivity index (χ0v) is 8.69. The second kappa shape index (κ2) is 5.44. The number of hydrogen-bond donors (Lipinski definition) is 1. The highest BCUT2D eigenvalue weighted by Gasteiger charge is 2.15. The van der Waals surface area contributed by atoms with Crippen molar-refractivity contribution in [2.75, 3.05) is 0 Å². The van der Waals surface area contributed by atoms with E-state index in [2.05, 4.69) is 4.74 Å². The Morgan fingerprint density at radius 2 is 2.06 bits per heavy atom. The molecule has 1 N–H and O–H groups in total. The number of rotatable bonds is 5. The molecule has 0 bridgehead atoms. The number of aliphatic carboxylic acids is 1. The molecule has 0 saturated carbocycles. The van der Waals surface area contributed by atoms with Crippen molar-refractivity contribution < 1.29 is 23.4 Å². The Balaban J connectivity index is 2.82. The molecule has 0 fully saturated rings. The van der Waals surface area contributed by atoms with E-state index in [-0.39, 0.29) is 12.2 Å². The predicted octanol–water partition coefficient (Wildman–Crippen LogP) is 2.55. The van der Waals surface area contributed by atoms with Crippen molar-refractivity contribution in [3.8, 4) is 5.75 Å². The number of ether oxygens (including phenoxy) is 1. The maximum absolute atomic E-state index is 12.1. The number of alkyl halides is 2. The van der Waals surface area contributed by atoms with Crippen molar-refractivity contribution in [2.45, 2.75) is 20.0 Å². The Kier molecular flexibility index (Phi) is 4.22. The van der Waals surface area contributed by atoms with Crippen molar-refractivity contribution in [1.82, 2.24) is 0 Å². The molecule has 0 heterocycles. The molecule has 1 rings (SSSR count). The molecule has 1 unspecified atom stereocenters. The number of para-hydroxylation sites is 1. The number of carboxylic acids is 1. The van der Waals surface area contributed by atoms with Crippen LogP contribution in [0.5, 0.6) is 5.75 Å². The summed E-state index contributed by atoms with van der Waals surface area (Å²) in [6.07, 6.45) is 0.165. The number of benzene rings is 1. The summed E-state index contributed by atoms with van der Waals surface area (Å²) in [7, 11) is 0. The van der Waals surface area contributed by atoms with Crippen LogP contribution in [-0.4, -0.2) is 17.7 Å². The number of carbonyl (C=O) groups is 1. The summed E-state index contributed by atoms with van der Waals surface area (Å²) < 4.78 is 28.4. The first kappa shape index (κ1) is 12.4. The lowest BCUT2D eigenvalue weighted by Crippen LogP contribution is -2.13. The van der Waals surface area contributed by atoms with Crippen molar-refractivity contribution in [3.63, 3.8) is 0 Å². The van der Waals surface area contributed by atoms with E-state index >= 15 is 0 Å². The van der Waals surface area contributed by atoms with Crippen LogP contribution in [-0.2, 0) is 11.2 Å². The molecule has 0 radical (unpaired) electrons. The Bertz CT molecular complexity index is 366. The molecule has 0 aliphatic heterocycles. The lowest BCUT2D eigenvalue weighted by atomic mass is 10.0. The molecule has 0 amide bonds. The smallest absolute Gasteiger partial charge is 0.387 e. The van der Waals surface area contributed by atoms with Crippen LogP contribution in [0.25, 0.3) is 0 Å². The quantitative estimate of drug-likeness (QED) is 0.845. The summed E-state index contributed by atoms with van der Waals surface area (Å²) >= 11 is 0. The van der Waals surface area contributed by atoms with Crippen LogP contribution in [0.2, 0.25) is 0 Å². The van der Waals surface area contributed by atoms with Crippen LogP contribution in [0.1, 0.15) is 12.5 Å². The fourth-order valence-electron chi connectivity index (χ4n) is 1.30. The van der Waals surface area contributed by atoms with Crippen LogP contribution < -0.4 is 4.74 Å². The Morgan fingerprint density at radius 3 is 2.62 bits per heavy atom. The van der Waals surface area contributed by atoms with E-state index in [9.17, 15) is 13.6 Å². The molecule has 0 spiro atoms. The topological polar surface area (TPSA) is 46.5 Å². The standard InChI is InChI=1S/C11H12F2O3/c1-7(10(14)15)6-8-4-2-3-5-9(8)16-11(12)13/h2-5,7,11H,6H2,1H3,(H,14,15). The summed E-state index contributed by atoms with van der Waals surface area (Å²) in [6, 6.07) is 6.20. The van der Waals surface area contributed by atoms with Gasteiger partial charge in [-0.2, -0.15) is 8.78 Å². The minimum Gasteiger partial charge on any atom is -0.481 e. The van der Waals surface area contributed by atoms with Gasteiger partial charge in [-0.1, -0.05) is 25.1 Å². The normalized spacial score (nSPS) is 12.5. The van der Waals surface area contributed by atoms with Gasteiger partial charge in [-0.05, 0) is 18.1 Å². The summed E-state index contributed by atoms with van der Waals surface area (Å²) in [5.41, 5.74) is 0.470. The molecule has 0 aromatic heterocycles. The van der Waals surface area contributed by atoms with E-state index in [1.807, 2.05) is 0 Å². The molecule has 3 nitrogen and oxygen atoms in total. The largest absolute Gasteiger partial charge is 0.481 e. The molecule has 16 heavy (non-hydrogen) atoms. The minimum absolute atomic E-state index is 0.0330. The molecule has 5 heteroatoms. The monoisotopic (exact) mass is 230 g/mol. The van der Waals surface area contributed by atoms with E-state index in [0.717, 1.165) is 0 Å². The third kappa shape index (κ3) is 3.49. The Labute approximate surface area is 91.7 Å². The Hall–Kier alpha value is -1.65. The van der Waals surface area contributed by atoms with Crippen LogP contribution in [0.3, 0.4) is 0 Å². The van der Waals surface area contributed by atoms with Crippen molar-refractivity contribution in [3.05, 3.63) is 29.8 Å². The van der Waals surface area contributed by atoms with Crippen LogP contribution in [0.15, 0.2) is 24.3 Å². The van der Waals surface area contributed by atoms with Crippen LogP contribution >= 0.6 is 0 Å². The van der Waals surface area contributed by atoms with Crippen molar-refractivity contribution in [2.24, 2.45) is 5.92 Å². The minimum atomic E-state index is -2.90. The summed E-state index contributed by atoms with van der Waals surface area (Å²) in [5.74, 6) is -1.57. The van der Waals surface area contributed by atoms with Gasteiger partial charge >= 0.3 is 12.6 Å². The fourth-order valence-corrected chi connectivity index (χ4v) is 1.30. The van der Waals surface area contributed by atoms with Gasteiger partial charge in [-0.25, -0.2) is 0 Å². The predicted molar refractivity (Wildman–Crippen MR) is 53.6 cm³/mol. The second-order valence-corrected chi connectivity index (χ2v) is 3.43. The van der Waals surface area contributed by atoms with Gasteiger partial charge in [-0.3, -0.25) is 4.79 Å². The van der Waals surface area contributed by atoms with Crippen molar-refractivity contribution in [1.29, 1.82) is 0 Å². The van der Waals surface area contributed by atoms with Gasteiger partial charge in [0.25, 0.3) is 0 Å². The highest BCUT2D eigenvalue weighted by molar-refractivity contribution is 5.70. The van der Waals surface area contributed by atoms with Gasteiger partial charge in [0.05, 0.1) is 5.92 Å². The van der Waals surface area contributed by atoms with Gasteiger partial charge in [0.2, 0.25) is 0 Å². The molecule has 1 aromatic rings. The van der Waals surface area contributed by atoms with E-state index in [1.54, 1.807) is 18.2 Å². The van der Waals surface area contributed by atoms with Gasteiger partial charge in [0.15, 0.2) is 0 Å². The van der Waals surface area contributed by atoms with Gasteiger partial charge in [0.1, 0.15) is 5.75 Å². The summed E-state index contributed by atoms with van der Waals surface area (Å²) in [6.45, 7) is -1.39. The highest BCUT2D eigenvalue weighted by atomic mass is 19.3. The lowest BCUT2D eigenvalue weighted by molar-refractivity contribution is -0.141. The molecule has 1 atom stereocenters. The maximum Gasteiger partial charge on any atom is 0.387 e. The first-order valence-corrected chi connectivity index (χ1v) is 4.76. The third-order valence-corrected chi connectivity index (χ3v) is 2.14. The first-order valence-electron chi connectivity index (χ1n) is 4.76. The highest BCUT2D eigenvalue weighted by Crippen LogP contribution is 2.23. The van der Waals surface area contributed by atoms with Crippen molar-refractivity contribution >= 4 is 5.97 Å². The zero-order valence-electron chi connectivity index (χ0n) is 8.69. The van der Waals surface area contributed by atoms with Gasteiger partial charge < -0.3 is 9.84 Å². The van der Waals surface area contributed by atoms with Gasteiger partial charge in [0, 0.05) is 0 Å². The van der Waals surface area contributed by atoms with E-state index in [0.29, 0.717) is 5.56 Å². The summed E-state index contributed by atoms with van der Waals surface area (Å²) in [5, 5.41) is 8.73. The molecule has 0 aliphatic rings. The molecule has 0 aliphatic carbocycles. The third-order valence-electron chi connectivity index (χ3n) is 2.14. The van der Waals surface area contributed by atoms with E-state index in [4.69, 9.17) is 5.11 Å². The van der Waals surface area contributed by atoms with Crippen LogP contribution in [0.4, 0.5) is 8.78 Å². The molecular formula is C11H12F2O3. The Morgan fingerprint density at radius 1 is 1.44 bits per heavy atom. The maximum atomic E-state index is 12.1. The van der Waals surface area contributed by atoms with E-state index < -0.39 is 18.5 Å².